The van der Waals surface area contributed by atoms with Crippen molar-refractivity contribution in [1.29, 1.82) is 0 Å². The van der Waals surface area contributed by atoms with Gasteiger partial charge in [-0.2, -0.15) is 5.10 Å². The second-order valence-corrected chi connectivity index (χ2v) is 5.02. The molecule has 0 aliphatic rings. The zero-order valence-electron chi connectivity index (χ0n) is 11.4. The van der Waals surface area contributed by atoms with E-state index in [-0.39, 0.29) is 12.3 Å². The van der Waals surface area contributed by atoms with Crippen molar-refractivity contribution in [3.8, 4) is 0 Å². The highest BCUT2D eigenvalue weighted by atomic mass is 16.6. The molecule has 3 N–H and O–H groups in total. The smallest absolute Gasteiger partial charge is 0.407 e. The number of hydrogen-bond acceptors (Lipinski definition) is 4. The third-order valence-electron chi connectivity index (χ3n) is 2.02. The Labute approximate surface area is 112 Å². The normalized spacial score (nSPS) is 10.9. The summed E-state index contributed by atoms with van der Waals surface area (Å²) in [6, 6.07) is 1.73. The minimum Gasteiger partial charge on any atom is -0.444 e. The molecule has 0 aliphatic carbocycles. The monoisotopic (exact) mass is 268 g/mol. The predicted octanol–water partition coefficient (Wildman–Crippen LogP) is 0.593. The molecule has 0 atom stereocenters. The van der Waals surface area contributed by atoms with Gasteiger partial charge in [0.05, 0.1) is 12.1 Å². The van der Waals surface area contributed by atoms with Crippen LogP contribution in [-0.4, -0.2) is 40.9 Å². The van der Waals surface area contributed by atoms with E-state index in [1.54, 1.807) is 33.0 Å². The summed E-state index contributed by atoms with van der Waals surface area (Å²) in [6.45, 7) is 6.04. The molecule has 0 bridgehead atoms. The highest BCUT2D eigenvalue weighted by molar-refractivity contribution is 5.78. The molecule has 2 amide bonds. The number of hydrogen-bond donors (Lipinski definition) is 3. The van der Waals surface area contributed by atoms with Crippen molar-refractivity contribution >= 4 is 12.0 Å². The minimum absolute atomic E-state index is 0.141. The van der Waals surface area contributed by atoms with Crippen LogP contribution in [0.3, 0.4) is 0 Å². The van der Waals surface area contributed by atoms with Gasteiger partial charge in [0, 0.05) is 19.3 Å². The number of rotatable bonds is 5. The van der Waals surface area contributed by atoms with E-state index in [0.717, 1.165) is 0 Å². The number of amides is 2. The van der Waals surface area contributed by atoms with Gasteiger partial charge in [-0.1, -0.05) is 0 Å². The van der Waals surface area contributed by atoms with Crippen LogP contribution in [0.25, 0.3) is 0 Å². The van der Waals surface area contributed by atoms with Gasteiger partial charge in [0.25, 0.3) is 0 Å². The Hall–Kier alpha value is -2.05. The number of aromatic amines is 1. The quantitative estimate of drug-likeness (QED) is 0.681. The first-order valence-corrected chi connectivity index (χ1v) is 6.09. The summed E-state index contributed by atoms with van der Waals surface area (Å²) in [6.07, 6.45) is 1.39. The summed E-state index contributed by atoms with van der Waals surface area (Å²) in [5.41, 5.74) is 0.158. The van der Waals surface area contributed by atoms with Gasteiger partial charge in [-0.15, -0.1) is 0 Å². The molecule has 1 heterocycles. The topological polar surface area (TPSA) is 96.1 Å². The second-order valence-electron chi connectivity index (χ2n) is 5.02. The standard InChI is InChI=1S/C12H20N4O3/c1-12(2,3)19-11(18)14-7-6-13-10(17)8-9-4-5-15-16-9/h4-5H,6-8H2,1-3H3,(H,13,17)(H,14,18)(H,15,16). The molecule has 1 aromatic heterocycles. The minimum atomic E-state index is -0.521. The summed E-state index contributed by atoms with van der Waals surface area (Å²) >= 11 is 0. The number of ether oxygens (including phenoxy) is 1. The summed E-state index contributed by atoms with van der Waals surface area (Å²) in [7, 11) is 0. The molecule has 0 saturated carbocycles. The van der Waals surface area contributed by atoms with Crippen LogP contribution in [0, 0.1) is 0 Å². The van der Waals surface area contributed by atoms with Gasteiger partial charge in [0.15, 0.2) is 0 Å². The van der Waals surface area contributed by atoms with Crippen LogP contribution in [-0.2, 0) is 16.0 Å². The lowest BCUT2D eigenvalue weighted by Crippen LogP contribution is -2.38. The predicted molar refractivity (Wildman–Crippen MR) is 69.5 cm³/mol. The fraction of sp³-hybridized carbons (Fsp3) is 0.583. The molecule has 0 unspecified atom stereocenters. The maximum Gasteiger partial charge on any atom is 0.407 e. The van der Waals surface area contributed by atoms with E-state index >= 15 is 0 Å². The number of aromatic nitrogens is 2. The summed E-state index contributed by atoms with van der Waals surface area (Å²) < 4.78 is 5.05. The summed E-state index contributed by atoms with van der Waals surface area (Å²) in [4.78, 5) is 22.8. The van der Waals surface area contributed by atoms with Crippen molar-refractivity contribution in [1.82, 2.24) is 20.8 Å². The van der Waals surface area contributed by atoms with Crippen molar-refractivity contribution < 1.29 is 14.3 Å². The first kappa shape index (κ1) is 15.0. The van der Waals surface area contributed by atoms with Crippen molar-refractivity contribution in [2.45, 2.75) is 32.8 Å². The van der Waals surface area contributed by atoms with Crippen molar-refractivity contribution in [3.63, 3.8) is 0 Å². The third-order valence-corrected chi connectivity index (χ3v) is 2.02. The van der Waals surface area contributed by atoms with E-state index in [0.29, 0.717) is 18.8 Å². The van der Waals surface area contributed by atoms with E-state index in [1.807, 2.05) is 0 Å². The molecule has 0 radical (unpaired) electrons. The number of alkyl carbamates (subject to hydrolysis) is 1. The van der Waals surface area contributed by atoms with E-state index < -0.39 is 11.7 Å². The zero-order valence-corrected chi connectivity index (χ0v) is 11.4. The Bertz CT molecular complexity index is 409. The molecule has 0 saturated heterocycles. The molecule has 0 spiro atoms. The Balaban J connectivity index is 2.10. The average molecular weight is 268 g/mol. The molecule has 7 heteroatoms. The number of nitrogens with zero attached hydrogens (tertiary/aromatic N) is 1. The molecular formula is C12H20N4O3. The van der Waals surface area contributed by atoms with Crippen LogP contribution >= 0.6 is 0 Å². The molecule has 0 aliphatic heterocycles. The fourth-order valence-corrected chi connectivity index (χ4v) is 1.30. The number of nitrogens with one attached hydrogen (secondary N) is 3. The number of carbonyl (C=O) groups is 2. The molecule has 1 rings (SSSR count). The number of H-pyrrole nitrogens is 1. The van der Waals surface area contributed by atoms with Gasteiger partial charge >= 0.3 is 6.09 Å². The summed E-state index contributed by atoms with van der Waals surface area (Å²) in [5.74, 6) is -0.141. The van der Waals surface area contributed by atoms with Gasteiger partial charge in [0.1, 0.15) is 5.60 Å². The lowest BCUT2D eigenvalue weighted by Gasteiger charge is -2.19. The van der Waals surface area contributed by atoms with Crippen LogP contribution < -0.4 is 10.6 Å². The molecule has 1 aromatic rings. The second kappa shape index (κ2) is 6.77. The van der Waals surface area contributed by atoms with Crippen molar-refractivity contribution in [2.24, 2.45) is 0 Å². The summed E-state index contributed by atoms with van der Waals surface area (Å²) in [5, 5.41) is 11.7. The Kier molecular flexibility index (Phi) is 5.35. The van der Waals surface area contributed by atoms with Crippen LogP contribution in [0.5, 0.6) is 0 Å². The molecular weight excluding hydrogens is 248 g/mol. The van der Waals surface area contributed by atoms with Gasteiger partial charge in [-0.3, -0.25) is 9.89 Å². The Morgan fingerprint density at radius 2 is 2.00 bits per heavy atom. The Morgan fingerprint density at radius 1 is 1.32 bits per heavy atom. The van der Waals surface area contributed by atoms with E-state index in [1.165, 1.54) is 0 Å². The van der Waals surface area contributed by atoms with Crippen LogP contribution in [0.15, 0.2) is 12.3 Å². The lowest BCUT2D eigenvalue weighted by atomic mass is 10.2. The maximum atomic E-state index is 11.5. The molecule has 0 fully saturated rings. The lowest BCUT2D eigenvalue weighted by molar-refractivity contribution is -0.120. The van der Waals surface area contributed by atoms with E-state index in [9.17, 15) is 9.59 Å². The van der Waals surface area contributed by atoms with Crippen LogP contribution in [0.2, 0.25) is 0 Å². The van der Waals surface area contributed by atoms with Gasteiger partial charge in [-0.25, -0.2) is 4.79 Å². The maximum absolute atomic E-state index is 11.5. The Morgan fingerprint density at radius 3 is 2.58 bits per heavy atom. The van der Waals surface area contributed by atoms with Crippen molar-refractivity contribution in [2.75, 3.05) is 13.1 Å². The third kappa shape index (κ3) is 7.07. The van der Waals surface area contributed by atoms with E-state index in [4.69, 9.17) is 4.74 Å². The first-order valence-electron chi connectivity index (χ1n) is 6.09. The molecule has 106 valence electrons. The zero-order chi connectivity index (χ0) is 14.3. The van der Waals surface area contributed by atoms with Crippen molar-refractivity contribution in [3.05, 3.63) is 18.0 Å². The average Bonchev–Trinajstić information content (AvgIpc) is 2.74. The van der Waals surface area contributed by atoms with Gasteiger partial charge in [0.2, 0.25) is 5.91 Å². The molecule has 7 nitrogen and oxygen atoms in total. The molecule has 0 aromatic carbocycles. The SMILES string of the molecule is CC(C)(C)OC(=O)NCCNC(=O)Cc1cc[nH]n1. The molecule has 19 heavy (non-hydrogen) atoms. The highest BCUT2D eigenvalue weighted by Gasteiger charge is 2.15. The number of carbonyl (C=O) groups excluding carboxylic acids is 2. The van der Waals surface area contributed by atoms with Crippen LogP contribution in [0.1, 0.15) is 26.5 Å². The van der Waals surface area contributed by atoms with Gasteiger partial charge in [-0.05, 0) is 26.8 Å². The largest absolute Gasteiger partial charge is 0.444 e. The fourth-order valence-electron chi connectivity index (χ4n) is 1.30. The highest BCUT2D eigenvalue weighted by Crippen LogP contribution is 2.05. The van der Waals surface area contributed by atoms with E-state index in [2.05, 4.69) is 20.8 Å². The van der Waals surface area contributed by atoms with Crippen LogP contribution in [0.4, 0.5) is 4.79 Å². The first-order chi connectivity index (χ1) is 8.87. The van der Waals surface area contributed by atoms with Gasteiger partial charge < -0.3 is 15.4 Å².